The smallest absolute Gasteiger partial charge is 0.343 e. The molecule has 0 radical (unpaired) electrons. The normalized spacial score (nSPS) is 10.5. The molecule has 4 rings (SSSR count). The first-order valence-corrected chi connectivity index (χ1v) is 11.9. The molecule has 3 N–H and O–H groups in total. The van der Waals surface area contributed by atoms with Crippen molar-refractivity contribution in [2.24, 2.45) is 5.10 Å². The van der Waals surface area contributed by atoms with Crippen LogP contribution in [0.4, 0.5) is 11.4 Å². The van der Waals surface area contributed by atoms with E-state index in [2.05, 4.69) is 21.2 Å². The Morgan fingerprint density at radius 2 is 1.46 bits per heavy atom. The van der Waals surface area contributed by atoms with Gasteiger partial charge in [0, 0.05) is 5.69 Å². The second kappa shape index (κ2) is 12.6. The van der Waals surface area contributed by atoms with Gasteiger partial charge in [-0.25, -0.2) is 10.2 Å². The van der Waals surface area contributed by atoms with Crippen molar-refractivity contribution in [1.82, 2.24) is 5.43 Å². The minimum atomic E-state index is -1.02. The third-order valence-corrected chi connectivity index (χ3v) is 5.38. The fraction of sp³-hybridized carbons (Fsp3) is 0.0333. The van der Waals surface area contributed by atoms with Crippen LogP contribution in [0.25, 0.3) is 0 Å². The number of amides is 3. The first-order valence-electron chi connectivity index (χ1n) is 11.9. The lowest BCUT2D eigenvalue weighted by Gasteiger charge is -2.11. The molecule has 39 heavy (non-hydrogen) atoms. The Hall–Kier alpha value is -5.57. The van der Waals surface area contributed by atoms with Gasteiger partial charge in [-0.1, -0.05) is 42.5 Å². The van der Waals surface area contributed by atoms with E-state index in [9.17, 15) is 19.2 Å². The summed E-state index contributed by atoms with van der Waals surface area (Å²) in [7, 11) is 0. The van der Waals surface area contributed by atoms with E-state index in [-0.39, 0.29) is 11.3 Å². The summed E-state index contributed by atoms with van der Waals surface area (Å²) in [6.45, 7) is 1.91. The Labute approximate surface area is 224 Å². The van der Waals surface area contributed by atoms with E-state index in [1.807, 2.05) is 25.1 Å². The molecule has 0 aliphatic heterocycles. The van der Waals surface area contributed by atoms with Gasteiger partial charge in [0.1, 0.15) is 5.75 Å². The quantitative estimate of drug-likeness (QED) is 0.108. The van der Waals surface area contributed by atoms with Crippen molar-refractivity contribution in [1.29, 1.82) is 0 Å². The van der Waals surface area contributed by atoms with Gasteiger partial charge < -0.3 is 15.4 Å². The predicted octanol–water partition coefficient (Wildman–Crippen LogP) is 4.56. The molecule has 0 aromatic heterocycles. The van der Waals surface area contributed by atoms with E-state index in [1.165, 1.54) is 18.3 Å². The van der Waals surface area contributed by atoms with Gasteiger partial charge in [-0.15, -0.1) is 0 Å². The van der Waals surface area contributed by atoms with Crippen LogP contribution in [-0.2, 0) is 9.59 Å². The monoisotopic (exact) mass is 520 g/mol. The molecule has 4 aromatic carbocycles. The maximum atomic E-state index is 12.8. The van der Waals surface area contributed by atoms with Crippen molar-refractivity contribution in [2.45, 2.75) is 6.92 Å². The van der Waals surface area contributed by atoms with Gasteiger partial charge in [-0.05, 0) is 78.7 Å². The number of hydrogen-bond acceptors (Lipinski definition) is 6. The van der Waals surface area contributed by atoms with Crippen LogP contribution in [-0.4, -0.2) is 29.9 Å². The van der Waals surface area contributed by atoms with Gasteiger partial charge in [0.05, 0.1) is 23.0 Å². The predicted molar refractivity (Wildman–Crippen MR) is 148 cm³/mol. The number of carbonyl (C=O) groups is 4. The molecule has 0 aliphatic carbocycles. The zero-order valence-electron chi connectivity index (χ0n) is 20.9. The molecule has 0 spiro atoms. The molecule has 0 atom stereocenters. The van der Waals surface area contributed by atoms with E-state index < -0.39 is 23.7 Å². The number of ether oxygens (including phenoxy) is 1. The molecule has 4 aromatic rings. The van der Waals surface area contributed by atoms with Crippen molar-refractivity contribution in [2.75, 3.05) is 10.6 Å². The van der Waals surface area contributed by atoms with Gasteiger partial charge in [0.15, 0.2) is 0 Å². The van der Waals surface area contributed by atoms with Crippen LogP contribution in [0.5, 0.6) is 5.75 Å². The van der Waals surface area contributed by atoms with Gasteiger partial charge in [-0.3, -0.25) is 14.4 Å². The number of para-hydroxylation sites is 1. The van der Waals surface area contributed by atoms with Crippen LogP contribution >= 0.6 is 0 Å². The molecule has 0 heterocycles. The van der Waals surface area contributed by atoms with Crippen LogP contribution < -0.4 is 20.8 Å². The topological polar surface area (TPSA) is 126 Å². The highest BCUT2D eigenvalue weighted by atomic mass is 16.5. The van der Waals surface area contributed by atoms with Crippen LogP contribution in [0.2, 0.25) is 0 Å². The lowest BCUT2D eigenvalue weighted by molar-refractivity contribution is -0.136. The van der Waals surface area contributed by atoms with Crippen LogP contribution in [0.1, 0.15) is 31.8 Å². The maximum absolute atomic E-state index is 12.8. The molecular weight excluding hydrogens is 496 g/mol. The van der Waals surface area contributed by atoms with E-state index in [1.54, 1.807) is 72.8 Å². The summed E-state index contributed by atoms with van der Waals surface area (Å²) in [6, 6.07) is 28.7. The molecule has 3 amide bonds. The third-order valence-electron chi connectivity index (χ3n) is 5.38. The molecule has 0 saturated carbocycles. The Kier molecular flexibility index (Phi) is 8.56. The Bertz CT molecular complexity index is 1530. The number of nitrogens with one attached hydrogen (secondary N) is 3. The zero-order chi connectivity index (χ0) is 27.6. The summed E-state index contributed by atoms with van der Waals surface area (Å²) in [5, 5.41) is 9.01. The highest BCUT2D eigenvalue weighted by molar-refractivity contribution is 6.40. The molecule has 9 nitrogen and oxygen atoms in total. The number of hydrazone groups is 1. The molecular formula is C30H24N4O5. The Morgan fingerprint density at radius 3 is 2.21 bits per heavy atom. The van der Waals surface area contributed by atoms with E-state index in [4.69, 9.17) is 4.74 Å². The SMILES string of the molecule is Cc1cccc(NC(=O)c2ccccc2NC(=O)C(=O)NN=Cc2ccc(OC(=O)c3ccccc3)cc2)c1. The Morgan fingerprint density at radius 1 is 0.744 bits per heavy atom. The summed E-state index contributed by atoms with van der Waals surface area (Å²) in [5.41, 5.74) is 5.12. The highest BCUT2D eigenvalue weighted by Gasteiger charge is 2.18. The lowest BCUT2D eigenvalue weighted by atomic mass is 10.1. The maximum Gasteiger partial charge on any atom is 0.343 e. The first kappa shape index (κ1) is 26.5. The van der Waals surface area contributed by atoms with Crippen molar-refractivity contribution in [3.63, 3.8) is 0 Å². The molecule has 194 valence electrons. The standard InChI is InChI=1S/C30H24N4O5/c1-20-8-7-11-23(18-20)32-27(35)25-12-5-6-13-26(25)33-28(36)29(37)34-31-19-21-14-16-24(17-15-21)39-30(38)22-9-3-2-4-10-22/h2-19H,1H3,(H,32,35)(H,33,36)(H,34,37). The molecule has 0 saturated heterocycles. The number of rotatable bonds is 7. The van der Waals surface area contributed by atoms with Crippen molar-refractivity contribution < 1.29 is 23.9 Å². The van der Waals surface area contributed by atoms with Crippen molar-refractivity contribution in [3.8, 4) is 5.75 Å². The molecule has 0 aliphatic rings. The fourth-order valence-corrected chi connectivity index (χ4v) is 3.47. The van der Waals surface area contributed by atoms with Gasteiger partial charge in [0.25, 0.3) is 5.91 Å². The number of benzene rings is 4. The summed E-state index contributed by atoms with van der Waals surface area (Å²) in [6.07, 6.45) is 1.33. The van der Waals surface area contributed by atoms with Crippen LogP contribution in [0, 0.1) is 6.92 Å². The average molecular weight is 521 g/mol. The molecule has 0 fully saturated rings. The largest absolute Gasteiger partial charge is 0.423 e. The summed E-state index contributed by atoms with van der Waals surface area (Å²) in [4.78, 5) is 49.6. The van der Waals surface area contributed by atoms with Crippen LogP contribution in [0.3, 0.4) is 0 Å². The highest BCUT2D eigenvalue weighted by Crippen LogP contribution is 2.18. The number of carbonyl (C=O) groups excluding carboxylic acids is 4. The second-order valence-electron chi connectivity index (χ2n) is 8.35. The number of hydrogen-bond donors (Lipinski definition) is 3. The number of aryl methyl sites for hydroxylation is 1. The number of esters is 1. The second-order valence-corrected chi connectivity index (χ2v) is 8.35. The summed E-state index contributed by atoms with van der Waals surface area (Å²) >= 11 is 0. The number of anilines is 2. The minimum absolute atomic E-state index is 0.174. The van der Waals surface area contributed by atoms with E-state index in [0.29, 0.717) is 22.6 Å². The van der Waals surface area contributed by atoms with Gasteiger partial charge >= 0.3 is 17.8 Å². The summed E-state index contributed by atoms with van der Waals surface area (Å²) in [5.74, 6) is -2.59. The Balaban J connectivity index is 1.31. The fourth-order valence-electron chi connectivity index (χ4n) is 3.47. The summed E-state index contributed by atoms with van der Waals surface area (Å²) < 4.78 is 5.32. The zero-order valence-corrected chi connectivity index (χ0v) is 20.9. The van der Waals surface area contributed by atoms with Gasteiger partial charge in [0.2, 0.25) is 0 Å². The van der Waals surface area contributed by atoms with Crippen LogP contribution in [0.15, 0.2) is 108 Å². The van der Waals surface area contributed by atoms with E-state index >= 15 is 0 Å². The minimum Gasteiger partial charge on any atom is -0.423 e. The molecule has 0 unspecified atom stereocenters. The van der Waals surface area contributed by atoms with Crippen molar-refractivity contribution in [3.05, 3.63) is 125 Å². The molecule has 0 bridgehead atoms. The molecule has 9 heteroatoms. The first-order chi connectivity index (χ1) is 18.9. The number of nitrogens with zero attached hydrogens (tertiary/aromatic N) is 1. The van der Waals surface area contributed by atoms with Crippen molar-refractivity contribution >= 4 is 41.3 Å². The van der Waals surface area contributed by atoms with Gasteiger partial charge in [-0.2, -0.15) is 5.10 Å². The van der Waals surface area contributed by atoms with E-state index in [0.717, 1.165) is 5.56 Å². The third kappa shape index (κ3) is 7.46. The lowest BCUT2D eigenvalue weighted by Crippen LogP contribution is -2.33. The average Bonchev–Trinajstić information content (AvgIpc) is 2.94.